The van der Waals surface area contributed by atoms with Crippen LogP contribution in [0.1, 0.15) is 50.7 Å². The zero-order valence-corrected chi connectivity index (χ0v) is 45.6. The third kappa shape index (κ3) is 9.65. The Balaban J connectivity index is 0.000000307. The number of benzene rings is 8. The maximum absolute atomic E-state index is 6.90. The van der Waals surface area contributed by atoms with E-state index in [0.29, 0.717) is 0 Å². The second-order valence-electron chi connectivity index (χ2n) is 20.3. The van der Waals surface area contributed by atoms with E-state index in [1.165, 1.54) is 38.6 Å². The standard InChI is InChI=1S/C52H40N3O.C14H16NSi.Ir/c1-32(2)44-28-39(35-16-9-6-10-17-35)29-45(33(3)4)49(44)55-50-42-18-11-12-21-46(42)53-31-47(50)54-52(55)43-20-13-19-41-40-27-26-38(30-48(40)56-51(41)43)37-24-22-36(23-25-37)34-14-7-5-8-15-34;1-16(2,3)13-9-10-14(15-11-13)12-7-5-4-6-8-12;/h5-19,21-33H,1-4H3;4-7,9-11H,1-3H3;/q2*-1;. The Kier molecular flexibility index (Phi) is 13.8. The van der Waals surface area contributed by atoms with Crippen LogP contribution in [0.5, 0.6) is 0 Å². The molecule has 8 aromatic carbocycles. The van der Waals surface area contributed by atoms with Crippen LogP contribution >= 0.6 is 0 Å². The fourth-order valence-electron chi connectivity index (χ4n) is 9.83. The topological polar surface area (TPSA) is 56.7 Å². The Hall–Kier alpha value is -7.54. The van der Waals surface area contributed by atoms with Crippen molar-refractivity contribution in [3.63, 3.8) is 0 Å². The number of fused-ring (bicyclic) bond motifs is 6. The Labute approximate surface area is 443 Å². The predicted octanol–water partition coefficient (Wildman–Crippen LogP) is 17.3. The first kappa shape index (κ1) is 49.1. The molecule has 0 saturated heterocycles. The minimum absolute atomic E-state index is 0. The van der Waals surface area contributed by atoms with Crippen LogP contribution in [0.2, 0.25) is 19.6 Å². The van der Waals surface area contributed by atoms with Gasteiger partial charge in [-0.15, -0.1) is 54.1 Å². The number of furan rings is 1. The minimum atomic E-state index is -1.23. The van der Waals surface area contributed by atoms with Gasteiger partial charge in [0, 0.05) is 42.8 Å². The molecule has 5 nitrogen and oxygen atoms in total. The summed E-state index contributed by atoms with van der Waals surface area (Å²) in [6.45, 7) is 16.1. The third-order valence-electron chi connectivity index (χ3n) is 13.7. The van der Waals surface area contributed by atoms with Crippen LogP contribution in [0.4, 0.5) is 0 Å². The number of aromatic nitrogens is 4. The van der Waals surface area contributed by atoms with Gasteiger partial charge >= 0.3 is 0 Å². The van der Waals surface area contributed by atoms with Crippen molar-refractivity contribution in [2.24, 2.45) is 0 Å². The van der Waals surface area contributed by atoms with E-state index in [-0.39, 0.29) is 31.9 Å². The summed E-state index contributed by atoms with van der Waals surface area (Å²) in [6, 6.07) is 72.8. The zero-order valence-electron chi connectivity index (χ0n) is 42.2. The van der Waals surface area contributed by atoms with Gasteiger partial charge < -0.3 is 14.0 Å². The average molecular weight is 1140 g/mol. The molecule has 0 bridgehead atoms. The van der Waals surface area contributed by atoms with Gasteiger partial charge in [0.25, 0.3) is 0 Å². The smallest absolute Gasteiger partial charge is 0.121 e. The van der Waals surface area contributed by atoms with Gasteiger partial charge in [-0.2, -0.15) is 0 Å². The summed E-state index contributed by atoms with van der Waals surface area (Å²) in [5.74, 6) is 1.25. The fraction of sp³-hybridized carbons (Fsp3) is 0.136. The molecular formula is C66H56IrN4OSi-2. The summed E-state index contributed by atoms with van der Waals surface area (Å²) >= 11 is 0. The van der Waals surface area contributed by atoms with Crippen molar-refractivity contribution in [3.8, 4) is 61.7 Å². The molecule has 0 aliphatic carbocycles. The van der Waals surface area contributed by atoms with E-state index in [4.69, 9.17) is 14.4 Å². The van der Waals surface area contributed by atoms with Crippen molar-refractivity contribution >= 4 is 57.1 Å². The predicted molar refractivity (Wildman–Crippen MR) is 304 cm³/mol. The molecule has 0 spiro atoms. The molecular weight excluding hydrogens is 1090 g/mol. The fourth-order valence-corrected chi connectivity index (χ4v) is 10.9. The third-order valence-corrected chi connectivity index (χ3v) is 15.8. The van der Waals surface area contributed by atoms with Gasteiger partial charge in [-0.05, 0) is 91.5 Å². The van der Waals surface area contributed by atoms with E-state index >= 15 is 0 Å². The van der Waals surface area contributed by atoms with Crippen molar-refractivity contribution < 1.29 is 24.5 Å². The van der Waals surface area contributed by atoms with Crippen molar-refractivity contribution in [3.05, 3.63) is 224 Å². The van der Waals surface area contributed by atoms with Crippen molar-refractivity contribution in [2.45, 2.75) is 59.2 Å². The van der Waals surface area contributed by atoms with E-state index in [9.17, 15) is 0 Å². The summed E-state index contributed by atoms with van der Waals surface area (Å²) in [5, 5.41) is 4.55. The molecule has 0 saturated carbocycles. The van der Waals surface area contributed by atoms with E-state index in [0.717, 1.165) is 83.3 Å². The molecule has 361 valence electrons. The van der Waals surface area contributed by atoms with Crippen LogP contribution in [0, 0.1) is 12.1 Å². The van der Waals surface area contributed by atoms with Crippen LogP contribution in [0.25, 0.3) is 106 Å². The summed E-state index contributed by atoms with van der Waals surface area (Å²) in [6.07, 6.45) is 3.93. The molecule has 0 amide bonds. The molecule has 0 aliphatic rings. The van der Waals surface area contributed by atoms with E-state index in [1.54, 1.807) is 0 Å². The molecule has 0 fully saturated rings. The van der Waals surface area contributed by atoms with Crippen LogP contribution in [-0.2, 0) is 20.1 Å². The van der Waals surface area contributed by atoms with Gasteiger partial charge in [-0.25, -0.2) is 0 Å². The van der Waals surface area contributed by atoms with Gasteiger partial charge in [-0.1, -0.05) is 186 Å². The first-order valence-corrected chi connectivity index (χ1v) is 28.5. The number of imidazole rings is 1. The van der Waals surface area contributed by atoms with Crippen molar-refractivity contribution in [1.29, 1.82) is 0 Å². The maximum Gasteiger partial charge on any atom is 0.121 e. The Bertz CT molecular complexity index is 3850. The van der Waals surface area contributed by atoms with E-state index in [1.807, 2.05) is 54.9 Å². The molecule has 0 unspecified atom stereocenters. The molecule has 4 heterocycles. The van der Waals surface area contributed by atoms with Crippen LogP contribution in [0.15, 0.2) is 205 Å². The average Bonchev–Trinajstić information content (AvgIpc) is 4.00. The van der Waals surface area contributed by atoms with Gasteiger partial charge in [0.2, 0.25) is 0 Å². The van der Waals surface area contributed by atoms with Gasteiger partial charge in [0.05, 0.1) is 42.2 Å². The van der Waals surface area contributed by atoms with Crippen LogP contribution in [-0.4, -0.2) is 27.6 Å². The number of nitrogens with zero attached hydrogens (tertiary/aromatic N) is 4. The Morgan fingerprint density at radius 1 is 0.507 bits per heavy atom. The molecule has 7 heteroatoms. The molecule has 73 heavy (non-hydrogen) atoms. The second-order valence-corrected chi connectivity index (χ2v) is 25.3. The van der Waals surface area contributed by atoms with Crippen molar-refractivity contribution in [2.75, 3.05) is 0 Å². The number of pyridine rings is 2. The number of rotatable bonds is 9. The molecule has 12 rings (SSSR count). The molecule has 12 aromatic rings. The second kappa shape index (κ2) is 20.5. The monoisotopic (exact) mass is 1140 g/mol. The van der Waals surface area contributed by atoms with E-state index in [2.05, 4.69) is 215 Å². The van der Waals surface area contributed by atoms with Crippen LogP contribution < -0.4 is 5.19 Å². The van der Waals surface area contributed by atoms with E-state index < -0.39 is 8.07 Å². The first-order chi connectivity index (χ1) is 35.0. The minimum Gasteiger partial charge on any atom is -0.501 e. The normalized spacial score (nSPS) is 11.6. The van der Waals surface area contributed by atoms with Crippen LogP contribution in [0.3, 0.4) is 0 Å². The number of hydrogen-bond donors (Lipinski definition) is 0. The number of hydrogen-bond acceptors (Lipinski definition) is 4. The van der Waals surface area contributed by atoms with Gasteiger partial charge in [0.15, 0.2) is 0 Å². The molecule has 0 atom stereocenters. The summed E-state index contributed by atoms with van der Waals surface area (Å²) < 4.78 is 9.29. The Morgan fingerprint density at radius 3 is 1.75 bits per heavy atom. The van der Waals surface area contributed by atoms with Crippen molar-refractivity contribution in [1.82, 2.24) is 19.5 Å². The van der Waals surface area contributed by atoms with Gasteiger partial charge in [-0.3, -0.25) is 9.97 Å². The van der Waals surface area contributed by atoms with Gasteiger partial charge in [0.1, 0.15) is 5.58 Å². The summed E-state index contributed by atoms with van der Waals surface area (Å²) in [7, 11) is -1.23. The Morgan fingerprint density at radius 2 is 1.12 bits per heavy atom. The molecule has 0 N–H and O–H groups in total. The molecule has 4 aromatic heterocycles. The quantitative estimate of drug-likeness (QED) is 0.107. The zero-order chi connectivity index (χ0) is 49.5. The maximum atomic E-state index is 6.90. The number of para-hydroxylation sites is 1. The summed E-state index contributed by atoms with van der Waals surface area (Å²) in [5.41, 5.74) is 18.0. The SMILES string of the molecule is CC(C)c1cc(-c2ccccc2)cc(C(C)C)c1-n1c(-c2[c-]ccc3c2oc2cc(-c4ccc(-c5ccccc5)cc4)ccc23)nc2cnc3ccccc3c21.C[Si](C)(C)c1ccc(-c2[c-]cccc2)nc1.[Ir]. The molecule has 1 radical (unpaired) electrons. The largest absolute Gasteiger partial charge is 0.501 e. The summed E-state index contributed by atoms with van der Waals surface area (Å²) in [4.78, 5) is 14.8. The first-order valence-electron chi connectivity index (χ1n) is 25.0. The molecule has 0 aliphatic heterocycles.